The summed E-state index contributed by atoms with van der Waals surface area (Å²) in [7, 11) is 0. The lowest BCUT2D eigenvalue weighted by atomic mass is 10.1. The molecular weight excluding hydrogens is 225 g/mol. The van der Waals surface area contributed by atoms with Gasteiger partial charge in [-0.05, 0) is 25.1 Å². The first-order valence-electron chi connectivity index (χ1n) is 4.43. The van der Waals surface area contributed by atoms with E-state index in [4.69, 9.17) is 9.84 Å². The van der Waals surface area contributed by atoms with Gasteiger partial charge in [-0.15, -0.1) is 0 Å². The molecule has 1 rings (SSSR count). The van der Waals surface area contributed by atoms with E-state index in [1.807, 2.05) is 0 Å². The van der Waals surface area contributed by atoms with Crippen molar-refractivity contribution in [3.63, 3.8) is 0 Å². The standard InChI is InChI=1S/C10H9F3O3/c1-2-16-8-4-3-6(5-7(8)11)10(12,13)9(14)15/h3-5H,2H2,1H3,(H,14,15). The summed E-state index contributed by atoms with van der Waals surface area (Å²) >= 11 is 0. The molecule has 1 N–H and O–H groups in total. The third-order valence-corrected chi connectivity index (χ3v) is 1.86. The maximum absolute atomic E-state index is 13.2. The van der Waals surface area contributed by atoms with Gasteiger partial charge in [0.1, 0.15) is 0 Å². The summed E-state index contributed by atoms with van der Waals surface area (Å²) in [5, 5.41) is 8.25. The molecule has 0 unspecified atom stereocenters. The highest BCUT2D eigenvalue weighted by Gasteiger charge is 2.41. The van der Waals surface area contributed by atoms with Gasteiger partial charge in [-0.2, -0.15) is 8.78 Å². The second-order valence-corrected chi connectivity index (χ2v) is 2.96. The third kappa shape index (κ3) is 2.26. The van der Waals surface area contributed by atoms with Crippen LogP contribution in [0.1, 0.15) is 12.5 Å². The quantitative estimate of drug-likeness (QED) is 0.870. The summed E-state index contributed by atoms with van der Waals surface area (Å²) in [6, 6.07) is 2.26. The number of carboxylic acids is 1. The molecule has 0 aliphatic rings. The molecule has 3 nitrogen and oxygen atoms in total. The number of alkyl halides is 2. The Bertz CT molecular complexity index is 404. The Morgan fingerprint density at radius 3 is 2.56 bits per heavy atom. The lowest BCUT2D eigenvalue weighted by molar-refractivity contribution is -0.166. The third-order valence-electron chi connectivity index (χ3n) is 1.86. The second-order valence-electron chi connectivity index (χ2n) is 2.96. The van der Waals surface area contributed by atoms with E-state index < -0.39 is 23.3 Å². The molecule has 0 saturated heterocycles. The number of ether oxygens (including phenoxy) is 1. The van der Waals surface area contributed by atoms with Gasteiger partial charge >= 0.3 is 11.9 Å². The fourth-order valence-corrected chi connectivity index (χ4v) is 1.09. The van der Waals surface area contributed by atoms with Gasteiger partial charge in [0.05, 0.1) is 6.61 Å². The summed E-state index contributed by atoms with van der Waals surface area (Å²) in [4.78, 5) is 10.2. The first-order valence-corrected chi connectivity index (χ1v) is 4.43. The van der Waals surface area contributed by atoms with Crippen LogP contribution < -0.4 is 4.74 Å². The van der Waals surface area contributed by atoms with Crippen molar-refractivity contribution in [3.8, 4) is 5.75 Å². The lowest BCUT2D eigenvalue weighted by Crippen LogP contribution is -2.25. The summed E-state index contributed by atoms with van der Waals surface area (Å²) < 4.78 is 43.9. The van der Waals surface area contributed by atoms with Gasteiger partial charge in [0.2, 0.25) is 0 Å². The van der Waals surface area contributed by atoms with Crippen LogP contribution in [0, 0.1) is 5.82 Å². The van der Waals surface area contributed by atoms with Crippen LogP contribution in [0.2, 0.25) is 0 Å². The average Bonchev–Trinajstić information content (AvgIpc) is 2.21. The Hall–Kier alpha value is -1.72. The highest BCUT2D eigenvalue weighted by atomic mass is 19.3. The van der Waals surface area contributed by atoms with Crippen LogP contribution in [0.5, 0.6) is 5.75 Å². The molecule has 0 atom stereocenters. The Morgan fingerprint density at radius 1 is 1.50 bits per heavy atom. The van der Waals surface area contributed by atoms with Crippen LogP contribution in [0.25, 0.3) is 0 Å². The van der Waals surface area contributed by atoms with Gasteiger partial charge < -0.3 is 9.84 Å². The monoisotopic (exact) mass is 234 g/mol. The number of hydrogen-bond acceptors (Lipinski definition) is 2. The van der Waals surface area contributed by atoms with Gasteiger partial charge in [-0.1, -0.05) is 0 Å². The van der Waals surface area contributed by atoms with E-state index in [0.29, 0.717) is 6.07 Å². The first kappa shape index (κ1) is 12.4. The Balaban J connectivity index is 3.10. The highest BCUT2D eigenvalue weighted by Crippen LogP contribution is 2.31. The molecule has 88 valence electrons. The maximum Gasteiger partial charge on any atom is 0.379 e. The van der Waals surface area contributed by atoms with Crippen molar-refractivity contribution in [2.45, 2.75) is 12.8 Å². The Kier molecular flexibility index (Phi) is 3.41. The van der Waals surface area contributed by atoms with Crippen molar-refractivity contribution < 1.29 is 27.8 Å². The van der Waals surface area contributed by atoms with E-state index in [2.05, 4.69) is 0 Å². The molecule has 0 amide bonds. The predicted octanol–water partition coefficient (Wildman–Crippen LogP) is 2.40. The van der Waals surface area contributed by atoms with Crippen LogP contribution in [0.4, 0.5) is 13.2 Å². The molecule has 6 heteroatoms. The number of aliphatic carboxylic acids is 1. The number of benzene rings is 1. The molecule has 0 aliphatic carbocycles. The van der Waals surface area contributed by atoms with E-state index in [-0.39, 0.29) is 12.4 Å². The minimum absolute atomic E-state index is 0.186. The molecule has 16 heavy (non-hydrogen) atoms. The Labute approximate surface area is 89.5 Å². The molecule has 0 fully saturated rings. The van der Waals surface area contributed by atoms with E-state index in [1.54, 1.807) is 6.92 Å². The van der Waals surface area contributed by atoms with Crippen LogP contribution in [-0.2, 0) is 10.7 Å². The number of carboxylic acid groups (broad SMARTS) is 1. The molecule has 0 aliphatic heterocycles. The van der Waals surface area contributed by atoms with E-state index in [0.717, 1.165) is 12.1 Å². The fraction of sp³-hybridized carbons (Fsp3) is 0.300. The van der Waals surface area contributed by atoms with E-state index >= 15 is 0 Å². The zero-order valence-electron chi connectivity index (χ0n) is 8.34. The summed E-state index contributed by atoms with van der Waals surface area (Å²) in [5.74, 6) is -7.63. The van der Waals surface area contributed by atoms with Crippen LogP contribution >= 0.6 is 0 Å². The van der Waals surface area contributed by atoms with Gasteiger partial charge in [0.15, 0.2) is 11.6 Å². The minimum Gasteiger partial charge on any atom is -0.491 e. The molecule has 0 aromatic heterocycles. The Morgan fingerprint density at radius 2 is 2.12 bits per heavy atom. The lowest BCUT2D eigenvalue weighted by Gasteiger charge is -2.12. The predicted molar refractivity (Wildman–Crippen MR) is 49.1 cm³/mol. The first-order chi connectivity index (χ1) is 7.39. The number of carbonyl (C=O) groups is 1. The van der Waals surface area contributed by atoms with Gasteiger partial charge in [0.25, 0.3) is 0 Å². The summed E-state index contributed by atoms with van der Waals surface area (Å²) in [5.41, 5.74) is -0.916. The molecule has 0 radical (unpaired) electrons. The smallest absolute Gasteiger partial charge is 0.379 e. The maximum atomic E-state index is 13.2. The van der Waals surface area contributed by atoms with Crippen LogP contribution in [0.3, 0.4) is 0 Å². The average molecular weight is 234 g/mol. The summed E-state index contributed by atoms with van der Waals surface area (Å²) in [6.07, 6.45) is 0. The van der Waals surface area contributed by atoms with Crippen molar-refractivity contribution in [3.05, 3.63) is 29.6 Å². The van der Waals surface area contributed by atoms with Crippen LogP contribution in [0.15, 0.2) is 18.2 Å². The van der Waals surface area contributed by atoms with E-state index in [9.17, 15) is 18.0 Å². The normalized spacial score (nSPS) is 11.2. The highest BCUT2D eigenvalue weighted by molar-refractivity contribution is 5.77. The SMILES string of the molecule is CCOc1ccc(C(F)(F)C(=O)O)cc1F. The number of rotatable bonds is 4. The molecule has 0 spiro atoms. The van der Waals surface area contributed by atoms with E-state index in [1.165, 1.54) is 0 Å². The molecule has 1 aromatic carbocycles. The van der Waals surface area contributed by atoms with Gasteiger partial charge in [-0.3, -0.25) is 0 Å². The molecule has 1 aromatic rings. The van der Waals surface area contributed by atoms with Crippen molar-refractivity contribution in [2.24, 2.45) is 0 Å². The fourth-order valence-electron chi connectivity index (χ4n) is 1.09. The molecule has 0 bridgehead atoms. The summed E-state index contributed by atoms with van der Waals surface area (Å²) in [6.45, 7) is 1.80. The number of halogens is 3. The van der Waals surface area contributed by atoms with Gasteiger partial charge in [-0.25, -0.2) is 9.18 Å². The van der Waals surface area contributed by atoms with Crippen molar-refractivity contribution in [2.75, 3.05) is 6.61 Å². The molecule has 0 saturated carbocycles. The number of hydrogen-bond donors (Lipinski definition) is 1. The molecular formula is C10H9F3O3. The minimum atomic E-state index is -4.11. The van der Waals surface area contributed by atoms with Crippen molar-refractivity contribution >= 4 is 5.97 Å². The zero-order valence-corrected chi connectivity index (χ0v) is 8.34. The van der Waals surface area contributed by atoms with Crippen molar-refractivity contribution in [1.82, 2.24) is 0 Å². The second kappa shape index (κ2) is 4.42. The topological polar surface area (TPSA) is 46.5 Å². The van der Waals surface area contributed by atoms with Crippen molar-refractivity contribution in [1.29, 1.82) is 0 Å². The zero-order chi connectivity index (χ0) is 12.3. The molecule has 0 heterocycles. The largest absolute Gasteiger partial charge is 0.491 e. The van der Waals surface area contributed by atoms with Gasteiger partial charge in [0, 0.05) is 5.56 Å². The van der Waals surface area contributed by atoms with Crippen LogP contribution in [-0.4, -0.2) is 17.7 Å².